The summed E-state index contributed by atoms with van der Waals surface area (Å²) >= 11 is 0. The first-order chi connectivity index (χ1) is 16.1. The van der Waals surface area contributed by atoms with Crippen LogP contribution in [0.15, 0.2) is 90.0 Å². The first kappa shape index (κ1) is 20.6. The third kappa shape index (κ3) is 4.26. The summed E-state index contributed by atoms with van der Waals surface area (Å²) in [6.07, 6.45) is 1.74. The maximum Gasteiger partial charge on any atom is 0.271 e. The minimum Gasteiger partial charge on any atom is -0.267 e. The average molecular weight is 433 g/mol. The molecule has 1 aromatic heterocycles. The predicted octanol–water partition coefficient (Wildman–Crippen LogP) is 5.62. The highest BCUT2D eigenvalue weighted by molar-refractivity contribution is 6.13. The summed E-state index contributed by atoms with van der Waals surface area (Å²) in [5, 5.41) is 13.3. The molecule has 0 aliphatic carbocycles. The van der Waals surface area contributed by atoms with Gasteiger partial charge in [0.15, 0.2) is 0 Å². The lowest BCUT2D eigenvalue weighted by atomic mass is 9.97. The number of carbonyl (C=O) groups is 1. The monoisotopic (exact) mass is 432 g/mol. The molecule has 0 aliphatic rings. The first-order valence-electron chi connectivity index (χ1n) is 10.9. The lowest BCUT2D eigenvalue weighted by Gasteiger charge is -2.08. The summed E-state index contributed by atoms with van der Waals surface area (Å²) in [7, 11) is 0. The zero-order chi connectivity index (χ0) is 22.8. The van der Waals surface area contributed by atoms with E-state index in [0.29, 0.717) is 12.1 Å². The van der Waals surface area contributed by atoms with Gasteiger partial charge in [-0.05, 0) is 65.2 Å². The van der Waals surface area contributed by atoms with E-state index in [0.717, 1.165) is 44.1 Å². The zero-order valence-electron chi connectivity index (χ0n) is 18.6. The third-order valence-corrected chi connectivity index (χ3v) is 5.82. The van der Waals surface area contributed by atoms with Crippen LogP contribution >= 0.6 is 0 Å². The number of amides is 1. The number of hydrogen-bond donors (Lipinski definition) is 1. The van der Waals surface area contributed by atoms with E-state index >= 15 is 0 Å². The highest BCUT2D eigenvalue weighted by atomic mass is 16.2. The van der Waals surface area contributed by atoms with Gasteiger partial charge in [0, 0.05) is 16.8 Å². The number of carbonyl (C=O) groups excluding carboxylic acids is 1. The minimum atomic E-state index is -0.242. The van der Waals surface area contributed by atoms with Gasteiger partial charge in [0.1, 0.15) is 0 Å². The number of fused-ring (bicyclic) bond motifs is 2. The second-order valence-corrected chi connectivity index (χ2v) is 8.21. The normalized spacial score (nSPS) is 11.5. The zero-order valence-corrected chi connectivity index (χ0v) is 18.6. The van der Waals surface area contributed by atoms with Crippen LogP contribution < -0.4 is 5.43 Å². The Bertz CT molecular complexity index is 1440. The standard InChI is InChI=1S/C28H24N4O/c1-19-15-20(2)32(31-19)18-21-11-13-22(14-12-21)28(33)30-29-17-27-25-9-5-3-7-23(25)16-24-8-4-6-10-26(24)27/h3-17H,18H2,1-2H3,(H,30,33)/b29-17-. The summed E-state index contributed by atoms with van der Waals surface area (Å²) in [5.41, 5.74) is 7.43. The largest absolute Gasteiger partial charge is 0.271 e. The van der Waals surface area contributed by atoms with E-state index in [4.69, 9.17) is 0 Å². The summed E-state index contributed by atoms with van der Waals surface area (Å²) in [6.45, 7) is 4.70. The molecule has 5 nitrogen and oxygen atoms in total. The van der Waals surface area contributed by atoms with Crippen molar-refractivity contribution in [3.63, 3.8) is 0 Å². The molecule has 5 rings (SSSR count). The van der Waals surface area contributed by atoms with E-state index in [1.54, 1.807) is 6.21 Å². The molecule has 1 amide bonds. The molecule has 0 fully saturated rings. The van der Waals surface area contributed by atoms with Crippen LogP contribution in [0.25, 0.3) is 21.5 Å². The summed E-state index contributed by atoms with van der Waals surface area (Å²) in [4.78, 5) is 12.6. The van der Waals surface area contributed by atoms with Crippen molar-refractivity contribution < 1.29 is 4.79 Å². The fourth-order valence-electron chi connectivity index (χ4n) is 4.18. The minimum absolute atomic E-state index is 0.242. The molecule has 0 radical (unpaired) electrons. The van der Waals surface area contributed by atoms with Crippen LogP contribution in [-0.2, 0) is 6.54 Å². The number of benzene rings is 4. The lowest BCUT2D eigenvalue weighted by Crippen LogP contribution is -2.17. The van der Waals surface area contributed by atoms with Gasteiger partial charge in [-0.2, -0.15) is 10.2 Å². The van der Waals surface area contributed by atoms with Crippen LogP contribution in [0.4, 0.5) is 0 Å². The number of hydrazone groups is 1. The first-order valence-corrected chi connectivity index (χ1v) is 10.9. The van der Waals surface area contributed by atoms with Crippen molar-refractivity contribution in [1.29, 1.82) is 0 Å². The molecule has 0 aliphatic heterocycles. The molecule has 0 unspecified atom stereocenters. The van der Waals surface area contributed by atoms with E-state index in [2.05, 4.69) is 52.0 Å². The van der Waals surface area contributed by atoms with Gasteiger partial charge >= 0.3 is 0 Å². The number of aryl methyl sites for hydroxylation is 2. The SMILES string of the molecule is Cc1cc(C)n(Cc2ccc(C(=O)N/N=C\c3c4ccccc4cc4ccccc34)cc2)n1. The highest BCUT2D eigenvalue weighted by Gasteiger charge is 2.08. The Balaban J connectivity index is 1.34. The molecule has 33 heavy (non-hydrogen) atoms. The van der Waals surface area contributed by atoms with Gasteiger partial charge in [0.05, 0.1) is 18.5 Å². The van der Waals surface area contributed by atoms with Crippen molar-refractivity contribution in [2.24, 2.45) is 5.10 Å². The maximum atomic E-state index is 12.6. The predicted molar refractivity (Wildman–Crippen MR) is 134 cm³/mol. The Morgan fingerprint density at radius 1 is 0.909 bits per heavy atom. The van der Waals surface area contributed by atoms with Gasteiger partial charge in [-0.15, -0.1) is 0 Å². The molecular weight excluding hydrogens is 408 g/mol. The van der Waals surface area contributed by atoms with Gasteiger partial charge in [0.25, 0.3) is 5.91 Å². The van der Waals surface area contributed by atoms with E-state index in [-0.39, 0.29) is 5.91 Å². The Hall–Kier alpha value is -4.25. The summed E-state index contributed by atoms with van der Waals surface area (Å²) in [6, 6.07) is 28.2. The van der Waals surface area contributed by atoms with Crippen molar-refractivity contribution in [3.05, 3.63) is 113 Å². The van der Waals surface area contributed by atoms with Gasteiger partial charge < -0.3 is 0 Å². The number of nitrogens with zero attached hydrogens (tertiary/aromatic N) is 3. The molecule has 0 saturated heterocycles. The summed E-state index contributed by atoms with van der Waals surface area (Å²) < 4.78 is 1.96. The molecule has 1 N–H and O–H groups in total. The van der Waals surface area contributed by atoms with E-state index < -0.39 is 0 Å². The van der Waals surface area contributed by atoms with E-state index in [1.807, 2.05) is 67.1 Å². The Morgan fingerprint density at radius 3 is 2.15 bits per heavy atom. The molecule has 1 heterocycles. The number of aromatic nitrogens is 2. The van der Waals surface area contributed by atoms with Crippen LogP contribution in [0.2, 0.25) is 0 Å². The van der Waals surface area contributed by atoms with Gasteiger partial charge in [0.2, 0.25) is 0 Å². The Labute approximate surface area is 192 Å². The van der Waals surface area contributed by atoms with Crippen molar-refractivity contribution in [1.82, 2.24) is 15.2 Å². The van der Waals surface area contributed by atoms with Crippen molar-refractivity contribution in [2.75, 3.05) is 0 Å². The maximum absolute atomic E-state index is 12.6. The van der Waals surface area contributed by atoms with E-state index in [9.17, 15) is 4.79 Å². The van der Waals surface area contributed by atoms with Crippen LogP contribution in [-0.4, -0.2) is 21.9 Å². The smallest absolute Gasteiger partial charge is 0.267 e. The van der Waals surface area contributed by atoms with Crippen LogP contribution in [0.3, 0.4) is 0 Å². The Morgan fingerprint density at radius 2 is 1.55 bits per heavy atom. The number of rotatable bonds is 5. The van der Waals surface area contributed by atoms with E-state index in [1.165, 1.54) is 0 Å². The molecule has 4 aromatic carbocycles. The summed E-state index contributed by atoms with van der Waals surface area (Å²) in [5.74, 6) is -0.242. The lowest BCUT2D eigenvalue weighted by molar-refractivity contribution is 0.0955. The third-order valence-electron chi connectivity index (χ3n) is 5.82. The second kappa shape index (κ2) is 8.71. The molecule has 5 aromatic rings. The van der Waals surface area contributed by atoms with Crippen LogP contribution in [0.1, 0.15) is 32.9 Å². The van der Waals surface area contributed by atoms with Crippen molar-refractivity contribution in [2.45, 2.75) is 20.4 Å². The topological polar surface area (TPSA) is 59.3 Å². The molecular formula is C28H24N4O. The van der Waals surface area contributed by atoms with Gasteiger partial charge in [-0.3, -0.25) is 9.48 Å². The van der Waals surface area contributed by atoms with Crippen molar-refractivity contribution in [3.8, 4) is 0 Å². The quantitative estimate of drug-likeness (QED) is 0.223. The number of nitrogens with one attached hydrogen (secondary N) is 1. The van der Waals surface area contributed by atoms with Crippen LogP contribution in [0, 0.1) is 13.8 Å². The average Bonchev–Trinajstić information content (AvgIpc) is 3.15. The van der Waals surface area contributed by atoms with Gasteiger partial charge in [-0.1, -0.05) is 60.7 Å². The fourth-order valence-corrected chi connectivity index (χ4v) is 4.18. The fraction of sp³-hybridized carbons (Fsp3) is 0.107. The van der Waals surface area contributed by atoms with Gasteiger partial charge in [-0.25, -0.2) is 5.43 Å². The van der Waals surface area contributed by atoms with Crippen molar-refractivity contribution >= 4 is 33.7 Å². The molecule has 0 spiro atoms. The highest BCUT2D eigenvalue weighted by Crippen LogP contribution is 2.27. The molecule has 0 atom stereocenters. The number of hydrogen-bond acceptors (Lipinski definition) is 3. The molecule has 0 bridgehead atoms. The second-order valence-electron chi connectivity index (χ2n) is 8.21. The molecule has 0 saturated carbocycles. The molecule has 5 heteroatoms. The molecule has 162 valence electrons. The van der Waals surface area contributed by atoms with Crippen LogP contribution in [0.5, 0.6) is 0 Å². The Kier molecular flexibility index (Phi) is 5.45.